The number of anilines is 1. The molecule has 2 aromatic rings. The Morgan fingerprint density at radius 2 is 2.39 bits per heavy atom. The van der Waals surface area contributed by atoms with Crippen LogP contribution in [0, 0.1) is 5.92 Å². The standard InChI is InChI=1S/C16H19N3O3S/c1-17-16-19-12(9-23-16)15(20)18-7-10-6-11-4-3-5-13(21-2)14(11)22-8-10/h3-5,9-10H,6-8H2,1-2H3,(H,17,19)(H,18,20)/t10-/m0/s1. The lowest BCUT2D eigenvalue weighted by molar-refractivity contribution is 0.0934. The van der Waals surface area contributed by atoms with Gasteiger partial charge < -0.3 is 20.1 Å². The molecule has 1 amide bonds. The fourth-order valence-corrected chi connectivity index (χ4v) is 3.22. The molecular formula is C16H19N3O3S. The van der Waals surface area contributed by atoms with Gasteiger partial charge >= 0.3 is 0 Å². The number of para-hydroxylation sites is 1. The van der Waals surface area contributed by atoms with Gasteiger partial charge in [-0.2, -0.15) is 0 Å². The summed E-state index contributed by atoms with van der Waals surface area (Å²) in [6.07, 6.45) is 0.853. The van der Waals surface area contributed by atoms with Gasteiger partial charge in [0.2, 0.25) is 0 Å². The fraction of sp³-hybridized carbons (Fsp3) is 0.375. The number of thiazole rings is 1. The van der Waals surface area contributed by atoms with E-state index in [1.165, 1.54) is 11.3 Å². The number of carbonyl (C=O) groups is 1. The quantitative estimate of drug-likeness (QED) is 0.877. The smallest absolute Gasteiger partial charge is 0.270 e. The average Bonchev–Trinajstić information content (AvgIpc) is 3.08. The minimum Gasteiger partial charge on any atom is -0.493 e. The van der Waals surface area contributed by atoms with E-state index in [1.807, 2.05) is 18.2 Å². The van der Waals surface area contributed by atoms with Crippen molar-refractivity contribution in [2.24, 2.45) is 5.92 Å². The summed E-state index contributed by atoms with van der Waals surface area (Å²) in [7, 11) is 3.42. The van der Waals surface area contributed by atoms with Crippen LogP contribution >= 0.6 is 11.3 Å². The maximum Gasteiger partial charge on any atom is 0.270 e. The van der Waals surface area contributed by atoms with Crippen LogP contribution in [0.2, 0.25) is 0 Å². The molecule has 1 aliphatic rings. The van der Waals surface area contributed by atoms with Crippen LogP contribution < -0.4 is 20.1 Å². The maximum absolute atomic E-state index is 12.1. The summed E-state index contributed by atoms with van der Waals surface area (Å²) in [6.45, 7) is 1.12. The summed E-state index contributed by atoms with van der Waals surface area (Å²) in [5.74, 6) is 1.66. The van der Waals surface area contributed by atoms with Crippen molar-refractivity contribution in [1.29, 1.82) is 0 Å². The maximum atomic E-state index is 12.1. The average molecular weight is 333 g/mol. The van der Waals surface area contributed by atoms with E-state index in [9.17, 15) is 4.79 Å². The minimum atomic E-state index is -0.154. The van der Waals surface area contributed by atoms with Gasteiger partial charge in [-0.3, -0.25) is 4.79 Å². The predicted octanol–water partition coefficient (Wildman–Crippen LogP) is 2.17. The van der Waals surface area contributed by atoms with Gasteiger partial charge in [0, 0.05) is 24.9 Å². The number of hydrogen-bond donors (Lipinski definition) is 2. The molecule has 1 aromatic carbocycles. The van der Waals surface area contributed by atoms with E-state index in [0.717, 1.165) is 28.6 Å². The Morgan fingerprint density at radius 3 is 3.13 bits per heavy atom. The second-order valence-electron chi connectivity index (χ2n) is 5.33. The molecule has 0 saturated carbocycles. The number of aromatic nitrogens is 1. The summed E-state index contributed by atoms with van der Waals surface area (Å²) < 4.78 is 11.1. The Kier molecular flexibility index (Phi) is 4.66. The Morgan fingerprint density at radius 1 is 1.52 bits per heavy atom. The first-order valence-electron chi connectivity index (χ1n) is 7.41. The first-order chi connectivity index (χ1) is 11.2. The topological polar surface area (TPSA) is 72.5 Å². The molecule has 3 rings (SSSR count). The number of nitrogens with one attached hydrogen (secondary N) is 2. The number of carbonyl (C=O) groups excluding carboxylic acids is 1. The molecule has 1 atom stereocenters. The molecule has 7 heteroatoms. The third-order valence-corrected chi connectivity index (χ3v) is 4.61. The zero-order valence-electron chi connectivity index (χ0n) is 13.1. The molecule has 0 saturated heterocycles. The molecule has 0 aliphatic carbocycles. The number of benzene rings is 1. The van der Waals surface area contributed by atoms with E-state index in [-0.39, 0.29) is 11.8 Å². The zero-order valence-corrected chi connectivity index (χ0v) is 13.9. The third kappa shape index (κ3) is 3.39. The Labute approximate surface area is 138 Å². The largest absolute Gasteiger partial charge is 0.493 e. The van der Waals surface area contributed by atoms with Gasteiger partial charge in [0.15, 0.2) is 16.6 Å². The number of hydrogen-bond acceptors (Lipinski definition) is 6. The second-order valence-corrected chi connectivity index (χ2v) is 6.19. The van der Waals surface area contributed by atoms with E-state index in [1.54, 1.807) is 19.5 Å². The fourth-order valence-electron chi connectivity index (χ4n) is 2.57. The molecule has 6 nitrogen and oxygen atoms in total. The van der Waals surface area contributed by atoms with Crippen LogP contribution in [0.5, 0.6) is 11.5 Å². The Bertz CT molecular complexity index is 702. The van der Waals surface area contributed by atoms with Crippen molar-refractivity contribution in [2.45, 2.75) is 6.42 Å². The van der Waals surface area contributed by atoms with Gasteiger partial charge in [-0.15, -0.1) is 11.3 Å². The van der Waals surface area contributed by atoms with Crippen molar-refractivity contribution >= 4 is 22.4 Å². The molecule has 122 valence electrons. The molecule has 2 N–H and O–H groups in total. The van der Waals surface area contributed by atoms with E-state index < -0.39 is 0 Å². The first kappa shape index (κ1) is 15.6. The van der Waals surface area contributed by atoms with Gasteiger partial charge in [0.1, 0.15) is 5.69 Å². The molecule has 0 unspecified atom stereocenters. The molecule has 23 heavy (non-hydrogen) atoms. The van der Waals surface area contributed by atoms with E-state index in [2.05, 4.69) is 15.6 Å². The van der Waals surface area contributed by atoms with Gasteiger partial charge in [-0.1, -0.05) is 12.1 Å². The lowest BCUT2D eigenvalue weighted by atomic mass is 9.96. The molecule has 0 radical (unpaired) electrons. The number of nitrogens with zero attached hydrogens (tertiary/aromatic N) is 1. The lowest BCUT2D eigenvalue weighted by Crippen LogP contribution is -2.35. The van der Waals surface area contributed by atoms with Crippen LogP contribution in [-0.2, 0) is 6.42 Å². The van der Waals surface area contributed by atoms with Crippen molar-refractivity contribution < 1.29 is 14.3 Å². The van der Waals surface area contributed by atoms with Gasteiger partial charge in [-0.05, 0) is 18.1 Å². The monoisotopic (exact) mass is 333 g/mol. The molecule has 1 aromatic heterocycles. The van der Waals surface area contributed by atoms with E-state index in [4.69, 9.17) is 9.47 Å². The molecule has 0 bridgehead atoms. The van der Waals surface area contributed by atoms with Gasteiger partial charge in [0.25, 0.3) is 5.91 Å². The van der Waals surface area contributed by atoms with Crippen LogP contribution in [0.25, 0.3) is 0 Å². The molecule has 2 heterocycles. The SMILES string of the molecule is CNc1nc(C(=O)NC[C@H]2COc3c(cccc3OC)C2)cs1. The zero-order chi connectivity index (χ0) is 16.2. The Hall–Kier alpha value is -2.28. The van der Waals surface area contributed by atoms with Gasteiger partial charge in [0.05, 0.1) is 13.7 Å². The summed E-state index contributed by atoms with van der Waals surface area (Å²) in [5.41, 5.74) is 1.55. The number of methoxy groups -OCH3 is 1. The molecule has 0 spiro atoms. The van der Waals surface area contributed by atoms with E-state index in [0.29, 0.717) is 18.8 Å². The highest BCUT2D eigenvalue weighted by Crippen LogP contribution is 2.35. The number of fused-ring (bicyclic) bond motifs is 1. The van der Waals surface area contributed by atoms with Crippen molar-refractivity contribution in [1.82, 2.24) is 10.3 Å². The van der Waals surface area contributed by atoms with Crippen molar-refractivity contribution in [3.05, 3.63) is 34.8 Å². The lowest BCUT2D eigenvalue weighted by Gasteiger charge is -2.26. The number of rotatable bonds is 5. The molecule has 1 aliphatic heterocycles. The summed E-state index contributed by atoms with van der Waals surface area (Å²) >= 11 is 1.41. The van der Waals surface area contributed by atoms with E-state index >= 15 is 0 Å². The predicted molar refractivity (Wildman–Crippen MR) is 89.7 cm³/mol. The van der Waals surface area contributed by atoms with Crippen molar-refractivity contribution in [3.63, 3.8) is 0 Å². The second kappa shape index (κ2) is 6.87. The first-order valence-corrected chi connectivity index (χ1v) is 8.29. The summed E-state index contributed by atoms with van der Waals surface area (Å²) in [5, 5.41) is 8.34. The number of amides is 1. The summed E-state index contributed by atoms with van der Waals surface area (Å²) in [6, 6.07) is 5.88. The highest BCUT2D eigenvalue weighted by molar-refractivity contribution is 7.13. The summed E-state index contributed by atoms with van der Waals surface area (Å²) in [4.78, 5) is 16.3. The van der Waals surface area contributed by atoms with Gasteiger partial charge in [-0.25, -0.2) is 4.98 Å². The van der Waals surface area contributed by atoms with Crippen LogP contribution in [0.15, 0.2) is 23.6 Å². The highest BCUT2D eigenvalue weighted by atomic mass is 32.1. The van der Waals surface area contributed by atoms with Crippen LogP contribution in [0.3, 0.4) is 0 Å². The van der Waals surface area contributed by atoms with Crippen molar-refractivity contribution in [3.8, 4) is 11.5 Å². The number of ether oxygens (including phenoxy) is 2. The third-order valence-electron chi connectivity index (χ3n) is 3.75. The Balaban J connectivity index is 1.58. The van der Waals surface area contributed by atoms with Crippen LogP contribution in [0.1, 0.15) is 16.1 Å². The molecular weight excluding hydrogens is 314 g/mol. The highest BCUT2D eigenvalue weighted by Gasteiger charge is 2.23. The van der Waals surface area contributed by atoms with Crippen LogP contribution in [-0.4, -0.2) is 38.2 Å². The minimum absolute atomic E-state index is 0.154. The van der Waals surface area contributed by atoms with Crippen LogP contribution in [0.4, 0.5) is 5.13 Å². The molecule has 0 fully saturated rings. The van der Waals surface area contributed by atoms with Crippen molar-refractivity contribution in [2.75, 3.05) is 32.6 Å². The normalized spacial score (nSPS) is 16.2.